The molecule has 1 N–H and O–H groups in total. The van der Waals surface area contributed by atoms with Gasteiger partial charge in [-0.05, 0) is 48.7 Å². The van der Waals surface area contributed by atoms with E-state index in [4.69, 9.17) is 0 Å². The highest BCUT2D eigenvalue weighted by Gasteiger charge is 2.10. The second kappa shape index (κ2) is 5.61. The fraction of sp³-hybridized carbons (Fsp3) is 0.200. The van der Waals surface area contributed by atoms with E-state index in [0.29, 0.717) is 0 Å². The van der Waals surface area contributed by atoms with Gasteiger partial charge in [-0.15, -0.1) is 0 Å². The summed E-state index contributed by atoms with van der Waals surface area (Å²) in [5.74, 6) is 0. The quantitative estimate of drug-likeness (QED) is 0.653. The van der Waals surface area contributed by atoms with Gasteiger partial charge in [0.2, 0.25) is 0 Å². The third kappa shape index (κ3) is 2.78. The Labute approximate surface area is 126 Å². The van der Waals surface area contributed by atoms with Crippen LogP contribution < -0.4 is 5.32 Å². The minimum absolute atomic E-state index is 0.275. The van der Waals surface area contributed by atoms with Crippen molar-refractivity contribution in [3.05, 3.63) is 77.4 Å². The van der Waals surface area contributed by atoms with Crippen molar-refractivity contribution in [2.24, 2.45) is 0 Å². The number of nitrogens with one attached hydrogen (secondary N) is 1. The highest BCUT2D eigenvalue weighted by atomic mass is 14.9. The Morgan fingerprint density at radius 2 is 1.62 bits per heavy atom. The standard InChI is InChI=1S/C20H21N/c1-14-11-12-20(15(2)13-14)21-16(3)18-10-6-8-17-7-4-5-9-19(17)18/h4-13,16,21H,1-3H3. The van der Waals surface area contributed by atoms with Gasteiger partial charge in [0.15, 0.2) is 0 Å². The molecule has 0 saturated carbocycles. The van der Waals surface area contributed by atoms with Crippen LogP contribution in [0.4, 0.5) is 5.69 Å². The molecular formula is C20H21N. The summed E-state index contributed by atoms with van der Waals surface area (Å²) in [5, 5.41) is 6.27. The first kappa shape index (κ1) is 13.7. The summed E-state index contributed by atoms with van der Waals surface area (Å²) >= 11 is 0. The van der Waals surface area contributed by atoms with Crippen molar-refractivity contribution in [2.45, 2.75) is 26.8 Å². The summed E-state index contributed by atoms with van der Waals surface area (Å²) in [6, 6.07) is 21.9. The predicted molar refractivity (Wildman–Crippen MR) is 91.9 cm³/mol. The largest absolute Gasteiger partial charge is 0.378 e. The minimum atomic E-state index is 0.275. The van der Waals surface area contributed by atoms with Gasteiger partial charge in [0.25, 0.3) is 0 Å². The zero-order valence-electron chi connectivity index (χ0n) is 12.9. The van der Waals surface area contributed by atoms with Crippen molar-refractivity contribution < 1.29 is 0 Å². The molecule has 3 aromatic rings. The molecule has 0 aliphatic heterocycles. The molecule has 3 rings (SSSR count). The van der Waals surface area contributed by atoms with Crippen molar-refractivity contribution >= 4 is 16.5 Å². The lowest BCUT2D eigenvalue weighted by atomic mass is 9.99. The molecule has 0 fully saturated rings. The molecule has 0 bridgehead atoms. The van der Waals surface area contributed by atoms with E-state index < -0.39 is 0 Å². The second-order valence-corrected chi connectivity index (χ2v) is 5.75. The van der Waals surface area contributed by atoms with Gasteiger partial charge in [0.05, 0.1) is 0 Å². The van der Waals surface area contributed by atoms with Gasteiger partial charge >= 0.3 is 0 Å². The van der Waals surface area contributed by atoms with Gasteiger partial charge in [-0.1, -0.05) is 60.2 Å². The smallest absolute Gasteiger partial charge is 0.0491 e. The van der Waals surface area contributed by atoms with Crippen LogP contribution in [-0.2, 0) is 0 Å². The van der Waals surface area contributed by atoms with Gasteiger partial charge in [-0.3, -0.25) is 0 Å². The zero-order valence-corrected chi connectivity index (χ0v) is 12.9. The highest BCUT2D eigenvalue weighted by Crippen LogP contribution is 2.28. The molecule has 1 atom stereocenters. The number of hydrogen-bond acceptors (Lipinski definition) is 1. The van der Waals surface area contributed by atoms with Gasteiger partial charge in [0.1, 0.15) is 0 Å². The molecule has 0 heterocycles. The summed E-state index contributed by atoms with van der Waals surface area (Å²) in [6.45, 7) is 6.51. The Morgan fingerprint density at radius 1 is 0.857 bits per heavy atom. The van der Waals surface area contributed by atoms with Crippen LogP contribution in [0.1, 0.15) is 29.7 Å². The Balaban J connectivity index is 1.95. The van der Waals surface area contributed by atoms with E-state index in [0.717, 1.165) is 0 Å². The lowest BCUT2D eigenvalue weighted by Crippen LogP contribution is -2.08. The number of anilines is 1. The Kier molecular flexibility index (Phi) is 3.66. The van der Waals surface area contributed by atoms with Crippen LogP contribution in [-0.4, -0.2) is 0 Å². The van der Waals surface area contributed by atoms with Crippen molar-refractivity contribution in [2.75, 3.05) is 5.32 Å². The zero-order chi connectivity index (χ0) is 14.8. The highest BCUT2D eigenvalue weighted by molar-refractivity contribution is 5.86. The fourth-order valence-corrected chi connectivity index (χ4v) is 2.91. The molecule has 106 valence electrons. The molecule has 0 aromatic heterocycles. The normalized spacial score (nSPS) is 12.3. The number of rotatable bonds is 3. The molecule has 0 amide bonds. The Morgan fingerprint density at radius 3 is 2.43 bits per heavy atom. The van der Waals surface area contributed by atoms with E-state index in [2.05, 4.69) is 86.8 Å². The fourth-order valence-electron chi connectivity index (χ4n) is 2.91. The second-order valence-electron chi connectivity index (χ2n) is 5.75. The summed E-state index contributed by atoms with van der Waals surface area (Å²) < 4.78 is 0. The predicted octanol–water partition coefficient (Wildman–Crippen LogP) is 5.63. The van der Waals surface area contributed by atoms with Crippen LogP contribution in [0.3, 0.4) is 0 Å². The molecule has 0 aliphatic rings. The monoisotopic (exact) mass is 275 g/mol. The summed E-state index contributed by atoms with van der Waals surface area (Å²) in [7, 11) is 0. The average Bonchev–Trinajstić information content (AvgIpc) is 2.49. The Hall–Kier alpha value is -2.28. The average molecular weight is 275 g/mol. The third-order valence-corrected chi connectivity index (χ3v) is 4.04. The van der Waals surface area contributed by atoms with E-state index in [1.807, 2.05) is 0 Å². The number of benzene rings is 3. The first-order valence-electron chi connectivity index (χ1n) is 7.46. The van der Waals surface area contributed by atoms with Crippen LogP contribution in [0.2, 0.25) is 0 Å². The maximum absolute atomic E-state index is 3.65. The number of hydrogen-bond donors (Lipinski definition) is 1. The lowest BCUT2D eigenvalue weighted by Gasteiger charge is -2.19. The van der Waals surface area contributed by atoms with E-state index in [9.17, 15) is 0 Å². The molecule has 21 heavy (non-hydrogen) atoms. The molecule has 0 aliphatic carbocycles. The van der Waals surface area contributed by atoms with Gasteiger partial charge in [-0.2, -0.15) is 0 Å². The van der Waals surface area contributed by atoms with E-state index in [1.54, 1.807) is 0 Å². The van der Waals surface area contributed by atoms with Gasteiger partial charge < -0.3 is 5.32 Å². The molecular weight excluding hydrogens is 254 g/mol. The van der Waals surface area contributed by atoms with Crippen LogP contribution >= 0.6 is 0 Å². The van der Waals surface area contributed by atoms with E-state index in [-0.39, 0.29) is 6.04 Å². The van der Waals surface area contributed by atoms with Crippen LogP contribution in [0.15, 0.2) is 60.7 Å². The molecule has 0 spiro atoms. The van der Waals surface area contributed by atoms with Crippen molar-refractivity contribution in [1.82, 2.24) is 0 Å². The van der Waals surface area contributed by atoms with E-state index >= 15 is 0 Å². The first-order chi connectivity index (χ1) is 10.1. The molecule has 1 nitrogen and oxygen atoms in total. The lowest BCUT2D eigenvalue weighted by molar-refractivity contribution is 0.892. The van der Waals surface area contributed by atoms with E-state index in [1.165, 1.54) is 33.2 Å². The third-order valence-electron chi connectivity index (χ3n) is 4.04. The number of fused-ring (bicyclic) bond motifs is 1. The van der Waals surface area contributed by atoms with Crippen LogP contribution in [0.25, 0.3) is 10.8 Å². The van der Waals surface area contributed by atoms with Gasteiger partial charge in [-0.25, -0.2) is 0 Å². The molecule has 0 radical (unpaired) electrons. The summed E-state index contributed by atoms with van der Waals surface area (Å²) in [6.07, 6.45) is 0. The summed E-state index contributed by atoms with van der Waals surface area (Å²) in [4.78, 5) is 0. The molecule has 3 aromatic carbocycles. The number of aryl methyl sites for hydroxylation is 2. The topological polar surface area (TPSA) is 12.0 Å². The van der Waals surface area contributed by atoms with Crippen LogP contribution in [0, 0.1) is 13.8 Å². The maximum atomic E-state index is 3.65. The van der Waals surface area contributed by atoms with Crippen molar-refractivity contribution in [3.63, 3.8) is 0 Å². The Bertz CT molecular complexity index is 768. The molecule has 0 saturated heterocycles. The van der Waals surface area contributed by atoms with Crippen molar-refractivity contribution in [3.8, 4) is 0 Å². The first-order valence-corrected chi connectivity index (χ1v) is 7.46. The van der Waals surface area contributed by atoms with Gasteiger partial charge in [0, 0.05) is 11.7 Å². The van der Waals surface area contributed by atoms with Crippen molar-refractivity contribution in [1.29, 1.82) is 0 Å². The summed E-state index contributed by atoms with van der Waals surface area (Å²) in [5.41, 5.74) is 5.15. The molecule has 1 heteroatoms. The van der Waals surface area contributed by atoms with Crippen LogP contribution in [0.5, 0.6) is 0 Å². The minimum Gasteiger partial charge on any atom is -0.378 e. The molecule has 1 unspecified atom stereocenters. The SMILES string of the molecule is Cc1ccc(NC(C)c2cccc3ccccc23)c(C)c1. The maximum Gasteiger partial charge on any atom is 0.0491 e.